The van der Waals surface area contributed by atoms with Crippen molar-refractivity contribution in [1.82, 2.24) is 4.98 Å². The van der Waals surface area contributed by atoms with E-state index in [1.807, 2.05) is 6.92 Å². The molecule has 172 valence electrons. The van der Waals surface area contributed by atoms with Crippen molar-refractivity contribution in [3.8, 4) is 5.75 Å². The van der Waals surface area contributed by atoms with Gasteiger partial charge in [0.25, 0.3) is 11.7 Å². The zero-order valence-electron chi connectivity index (χ0n) is 18.7. The Balaban J connectivity index is 1.82. The molecule has 1 aliphatic rings. The third kappa shape index (κ3) is 4.38. The first-order chi connectivity index (χ1) is 16.4. The quantitative estimate of drug-likeness (QED) is 0.328. The maximum Gasteiger partial charge on any atom is 0.300 e. The number of carbonyl (C=O) groups is 3. The summed E-state index contributed by atoms with van der Waals surface area (Å²) >= 11 is 0. The van der Waals surface area contributed by atoms with Gasteiger partial charge in [-0.1, -0.05) is 0 Å². The summed E-state index contributed by atoms with van der Waals surface area (Å²) in [6.07, 6.45) is 3.12. The Kier molecular flexibility index (Phi) is 6.40. The molecule has 3 aromatic rings. The standard InChI is InChI=1S/C26H23N3O5/c1-3-34-21-10-4-18(5-11-21)24(31)22-23(17-12-14-27-15-13-17)29(26(33)25(22)32)20-8-6-19(7-9-20)28-16(2)30/h4-15,23,31H,3H2,1-2H3,(H,28,30)/b24-22-. The van der Waals surface area contributed by atoms with Gasteiger partial charge in [-0.3, -0.25) is 24.3 Å². The van der Waals surface area contributed by atoms with Crippen LogP contribution in [0.2, 0.25) is 0 Å². The van der Waals surface area contributed by atoms with Crippen molar-refractivity contribution in [3.63, 3.8) is 0 Å². The van der Waals surface area contributed by atoms with Crippen LogP contribution in [0.15, 0.2) is 78.6 Å². The molecule has 0 aliphatic carbocycles. The lowest BCUT2D eigenvalue weighted by molar-refractivity contribution is -0.132. The van der Waals surface area contributed by atoms with Crippen molar-refractivity contribution in [2.45, 2.75) is 19.9 Å². The molecule has 2 N–H and O–H groups in total. The number of Topliss-reactive ketones (excluding diaryl/α,β-unsaturated/α-hetero) is 1. The summed E-state index contributed by atoms with van der Waals surface area (Å²) in [5.41, 5.74) is 1.99. The molecule has 0 saturated carbocycles. The topological polar surface area (TPSA) is 109 Å². The van der Waals surface area contributed by atoms with E-state index in [1.165, 1.54) is 11.8 Å². The minimum Gasteiger partial charge on any atom is -0.507 e. The van der Waals surface area contributed by atoms with Crippen molar-refractivity contribution >= 4 is 34.7 Å². The molecule has 1 aliphatic heterocycles. The number of anilines is 2. The van der Waals surface area contributed by atoms with E-state index in [0.717, 1.165) is 0 Å². The van der Waals surface area contributed by atoms with E-state index in [9.17, 15) is 19.5 Å². The molecule has 1 saturated heterocycles. The summed E-state index contributed by atoms with van der Waals surface area (Å²) in [5, 5.41) is 13.8. The Bertz CT molecular complexity index is 1250. The maximum absolute atomic E-state index is 13.2. The minimum atomic E-state index is -0.860. The molecule has 8 nitrogen and oxygen atoms in total. The second kappa shape index (κ2) is 9.58. The zero-order valence-corrected chi connectivity index (χ0v) is 18.7. The molecule has 2 aromatic carbocycles. The van der Waals surface area contributed by atoms with Gasteiger partial charge in [0.05, 0.1) is 18.2 Å². The van der Waals surface area contributed by atoms with E-state index < -0.39 is 17.7 Å². The summed E-state index contributed by atoms with van der Waals surface area (Å²) in [7, 11) is 0. The van der Waals surface area contributed by atoms with Gasteiger partial charge in [0, 0.05) is 36.3 Å². The van der Waals surface area contributed by atoms with Crippen LogP contribution in [-0.2, 0) is 14.4 Å². The highest BCUT2D eigenvalue weighted by Crippen LogP contribution is 2.42. The van der Waals surface area contributed by atoms with Crippen molar-refractivity contribution < 1.29 is 24.2 Å². The van der Waals surface area contributed by atoms with E-state index in [2.05, 4.69) is 10.3 Å². The number of benzene rings is 2. The summed E-state index contributed by atoms with van der Waals surface area (Å²) in [6, 6.07) is 15.8. The van der Waals surface area contributed by atoms with E-state index in [0.29, 0.717) is 34.9 Å². The van der Waals surface area contributed by atoms with Crippen LogP contribution >= 0.6 is 0 Å². The highest BCUT2D eigenvalue weighted by atomic mass is 16.5. The molecule has 34 heavy (non-hydrogen) atoms. The predicted molar refractivity (Wildman–Crippen MR) is 127 cm³/mol. The highest BCUT2D eigenvalue weighted by Gasteiger charge is 2.46. The number of aliphatic hydroxyl groups excluding tert-OH is 1. The van der Waals surface area contributed by atoms with Crippen molar-refractivity contribution in [2.24, 2.45) is 0 Å². The fraction of sp³-hybridized carbons (Fsp3) is 0.154. The Morgan fingerprint density at radius 1 is 1.03 bits per heavy atom. The largest absolute Gasteiger partial charge is 0.507 e. The third-order valence-electron chi connectivity index (χ3n) is 5.37. The van der Waals surface area contributed by atoms with Crippen LogP contribution in [0.1, 0.15) is 31.0 Å². The zero-order chi connectivity index (χ0) is 24.2. The van der Waals surface area contributed by atoms with Crippen LogP contribution < -0.4 is 15.0 Å². The molecule has 8 heteroatoms. The van der Waals surface area contributed by atoms with Gasteiger partial charge in [-0.25, -0.2) is 0 Å². The average molecular weight is 457 g/mol. The Morgan fingerprint density at radius 2 is 1.68 bits per heavy atom. The molecule has 1 aromatic heterocycles. The van der Waals surface area contributed by atoms with Gasteiger partial charge in [-0.15, -0.1) is 0 Å². The predicted octanol–water partition coefficient (Wildman–Crippen LogP) is 4.07. The Morgan fingerprint density at radius 3 is 2.26 bits per heavy atom. The first-order valence-electron chi connectivity index (χ1n) is 10.7. The molecular weight excluding hydrogens is 434 g/mol. The number of ketones is 1. The van der Waals surface area contributed by atoms with Crippen molar-refractivity contribution in [2.75, 3.05) is 16.8 Å². The van der Waals surface area contributed by atoms with Crippen LogP contribution in [0.4, 0.5) is 11.4 Å². The second-order valence-electron chi connectivity index (χ2n) is 7.64. The minimum absolute atomic E-state index is 0.0219. The molecule has 1 atom stereocenters. The van der Waals surface area contributed by atoms with Crippen molar-refractivity contribution in [3.05, 3.63) is 89.8 Å². The molecule has 2 heterocycles. The number of amides is 2. The second-order valence-corrected chi connectivity index (χ2v) is 7.64. The molecule has 0 bridgehead atoms. The molecule has 2 amide bonds. The molecule has 0 radical (unpaired) electrons. The normalized spacial score (nSPS) is 17.0. The maximum atomic E-state index is 13.2. The van der Waals surface area contributed by atoms with Crippen LogP contribution in [0.5, 0.6) is 5.75 Å². The van der Waals surface area contributed by atoms with Gasteiger partial charge in [0.2, 0.25) is 5.91 Å². The lowest BCUT2D eigenvalue weighted by Crippen LogP contribution is -2.29. The van der Waals surface area contributed by atoms with Gasteiger partial charge in [-0.05, 0) is 73.2 Å². The van der Waals surface area contributed by atoms with E-state index in [4.69, 9.17) is 4.74 Å². The average Bonchev–Trinajstić information content (AvgIpc) is 3.10. The molecular formula is C26H23N3O5. The number of hydrogen-bond acceptors (Lipinski definition) is 6. The van der Waals surface area contributed by atoms with E-state index in [-0.39, 0.29) is 17.2 Å². The highest BCUT2D eigenvalue weighted by molar-refractivity contribution is 6.51. The van der Waals surface area contributed by atoms with Crippen molar-refractivity contribution in [1.29, 1.82) is 0 Å². The third-order valence-corrected chi connectivity index (χ3v) is 5.37. The number of hydrogen-bond donors (Lipinski definition) is 2. The first kappa shape index (κ1) is 22.7. The Hall–Kier alpha value is -4.46. The van der Waals surface area contributed by atoms with Crippen LogP contribution in [0.3, 0.4) is 0 Å². The summed E-state index contributed by atoms with van der Waals surface area (Å²) in [4.78, 5) is 43.0. The molecule has 1 unspecified atom stereocenters. The number of aromatic nitrogens is 1. The number of pyridine rings is 1. The molecule has 1 fully saturated rings. The van der Waals surface area contributed by atoms with Gasteiger partial charge >= 0.3 is 0 Å². The number of aliphatic hydroxyl groups is 1. The monoisotopic (exact) mass is 457 g/mol. The molecule has 4 rings (SSSR count). The van der Waals surface area contributed by atoms with Gasteiger partial charge in [-0.2, -0.15) is 0 Å². The smallest absolute Gasteiger partial charge is 0.300 e. The van der Waals surface area contributed by atoms with Gasteiger partial charge in [0.1, 0.15) is 11.5 Å². The fourth-order valence-corrected chi connectivity index (χ4v) is 3.90. The van der Waals surface area contributed by atoms with Crippen LogP contribution in [-0.4, -0.2) is 34.3 Å². The SMILES string of the molecule is CCOc1ccc(/C(O)=C2/C(=O)C(=O)N(c3ccc(NC(C)=O)cc3)C2c2ccncc2)cc1. The van der Waals surface area contributed by atoms with Gasteiger partial charge < -0.3 is 15.2 Å². The van der Waals surface area contributed by atoms with Crippen LogP contribution in [0, 0.1) is 0 Å². The summed E-state index contributed by atoms with van der Waals surface area (Å²) < 4.78 is 5.44. The number of ether oxygens (including phenoxy) is 1. The van der Waals surface area contributed by atoms with E-state index in [1.54, 1.807) is 73.1 Å². The lowest BCUT2D eigenvalue weighted by atomic mass is 9.95. The number of nitrogens with one attached hydrogen (secondary N) is 1. The van der Waals surface area contributed by atoms with Crippen LogP contribution in [0.25, 0.3) is 5.76 Å². The molecule has 0 spiro atoms. The first-order valence-corrected chi connectivity index (χ1v) is 10.7. The number of nitrogens with zero attached hydrogens (tertiary/aromatic N) is 2. The summed E-state index contributed by atoms with van der Waals surface area (Å²) in [5.74, 6) is -1.42. The Labute approximate surface area is 196 Å². The van der Waals surface area contributed by atoms with E-state index >= 15 is 0 Å². The van der Waals surface area contributed by atoms with Gasteiger partial charge in [0.15, 0.2) is 0 Å². The number of rotatable bonds is 6. The fourth-order valence-electron chi connectivity index (χ4n) is 3.90. The number of carbonyl (C=O) groups excluding carboxylic acids is 3. The summed E-state index contributed by atoms with van der Waals surface area (Å²) in [6.45, 7) is 3.77. The lowest BCUT2D eigenvalue weighted by Gasteiger charge is -2.25.